The molecule has 0 atom stereocenters. The molecular weight excluding hydrogens is 276 g/mol. The number of hydrogen-bond acceptors (Lipinski definition) is 6. The lowest BCUT2D eigenvalue weighted by Gasteiger charge is -2.13. The Hall–Kier alpha value is -2.39. The van der Waals surface area contributed by atoms with E-state index in [2.05, 4.69) is 26.3 Å². The number of nitrogens with zero attached hydrogens (tertiary/aromatic N) is 5. The summed E-state index contributed by atoms with van der Waals surface area (Å²) in [5.41, 5.74) is 2.30. The van der Waals surface area contributed by atoms with Crippen molar-refractivity contribution in [2.24, 2.45) is 0 Å². The number of halogens is 1. The fraction of sp³-hybridized carbons (Fsp3) is 0.231. The number of nitrogens with one attached hydrogen (secondary N) is 1. The summed E-state index contributed by atoms with van der Waals surface area (Å²) < 4.78 is 0. The van der Waals surface area contributed by atoms with Crippen LogP contribution in [0.4, 0.5) is 17.6 Å². The summed E-state index contributed by atoms with van der Waals surface area (Å²) in [5.74, 6) is 0.800. The molecule has 20 heavy (non-hydrogen) atoms. The second kappa shape index (κ2) is 5.72. The standard InChI is InChI=1S/C13H13ClN6/c1-8-4-5-9(7-15)6-10(8)16-12-17-11(14)18-13(19-12)20(2)3/h4-6H,1-3H3,(H,16,17,18,19). The van der Waals surface area contributed by atoms with Gasteiger partial charge in [0.15, 0.2) is 0 Å². The third-order valence-electron chi connectivity index (χ3n) is 2.61. The number of aromatic nitrogens is 3. The zero-order valence-corrected chi connectivity index (χ0v) is 12.1. The SMILES string of the molecule is Cc1ccc(C#N)cc1Nc1nc(Cl)nc(N(C)C)n1. The van der Waals surface area contributed by atoms with Gasteiger partial charge in [0.25, 0.3) is 0 Å². The molecular formula is C13H13ClN6. The highest BCUT2D eigenvalue weighted by molar-refractivity contribution is 6.28. The number of aryl methyl sites for hydroxylation is 1. The summed E-state index contributed by atoms with van der Waals surface area (Å²) in [7, 11) is 3.63. The molecule has 0 aliphatic heterocycles. The Morgan fingerprint density at radius 1 is 1.25 bits per heavy atom. The maximum Gasteiger partial charge on any atom is 0.233 e. The number of nitriles is 1. The summed E-state index contributed by atoms with van der Waals surface area (Å²) in [5, 5.41) is 12.1. The number of hydrogen-bond donors (Lipinski definition) is 1. The van der Waals surface area contributed by atoms with Crippen LogP contribution in [0.1, 0.15) is 11.1 Å². The second-order valence-corrected chi connectivity index (χ2v) is 4.73. The van der Waals surface area contributed by atoms with Crippen molar-refractivity contribution in [3.05, 3.63) is 34.6 Å². The van der Waals surface area contributed by atoms with Crippen molar-refractivity contribution >= 4 is 29.2 Å². The van der Waals surface area contributed by atoms with Gasteiger partial charge in [-0.2, -0.15) is 20.2 Å². The summed E-state index contributed by atoms with van der Waals surface area (Å²) in [6.07, 6.45) is 0. The van der Waals surface area contributed by atoms with Crippen LogP contribution in [0.3, 0.4) is 0 Å². The number of anilines is 3. The quantitative estimate of drug-likeness (QED) is 0.935. The lowest BCUT2D eigenvalue weighted by atomic mass is 10.1. The van der Waals surface area contributed by atoms with Crippen LogP contribution in [0.5, 0.6) is 0 Å². The Morgan fingerprint density at radius 2 is 2.00 bits per heavy atom. The first-order valence-corrected chi connectivity index (χ1v) is 6.24. The van der Waals surface area contributed by atoms with Gasteiger partial charge in [0.05, 0.1) is 11.6 Å². The van der Waals surface area contributed by atoms with Crippen LogP contribution in [0.2, 0.25) is 5.28 Å². The first kappa shape index (κ1) is 14.0. The lowest BCUT2D eigenvalue weighted by Crippen LogP contribution is -2.14. The third kappa shape index (κ3) is 3.13. The minimum absolute atomic E-state index is 0.111. The smallest absolute Gasteiger partial charge is 0.233 e. The summed E-state index contributed by atoms with van der Waals surface area (Å²) >= 11 is 5.88. The second-order valence-electron chi connectivity index (χ2n) is 4.39. The Labute approximate surface area is 122 Å². The van der Waals surface area contributed by atoms with Gasteiger partial charge in [-0.1, -0.05) is 6.07 Å². The van der Waals surface area contributed by atoms with Crippen LogP contribution in [-0.4, -0.2) is 29.0 Å². The Kier molecular flexibility index (Phi) is 4.01. The fourth-order valence-electron chi connectivity index (χ4n) is 1.54. The van der Waals surface area contributed by atoms with E-state index in [9.17, 15) is 0 Å². The van der Waals surface area contributed by atoms with Gasteiger partial charge in [0, 0.05) is 19.8 Å². The molecule has 0 bridgehead atoms. The molecule has 0 saturated heterocycles. The average molecular weight is 289 g/mol. The molecule has 0 spiro atoms. The zero-order valence-electron chi connectivity index (χ0n) is 11.3. The maximum absolute atomic E-state index is 8.93. The predicted molar refractivity (Wildman–Crippen MR) is 78.3 cm³/mol. The minimum atomic E-state index is 0.111. The van der Waals surface area contributed by atoms with Crippen LogP contribution in [0.15, 0.2) is 18.2 Å². The highest BCUT2D eigenvalue weighted by atomic mass is 35.5. The summed E-state index contributed by atoms with van der Waals surface area (Å²) in [6.45, 7) is 1.93. The molecule has 2 rings (SSSR count). The van der Waals surface area contributed by atoms with Gasteiger partial charge in [0.1, 0.15) is 0 Å². The Balaban J connectivity index is 2.37. The predicted octanol–water partition coefficient (Wildman–Crippen LogP) is 2.51. The van der Waals surface area contributed by atoms with Gasteiger partial charge < -0.3 is 10.2 Å². The van der Waals surface area contributed by atoms with E-state index < -0.39 is 0 Å². The molecule has 0 aliphatic carbocycles. The van der Waals surface area contributed by atoms with Gasteiger partial charge in [-0.05, 0) is 36.2 Å². The molecule has 0 aliphatic rings. The van der Waals surface area contributed by atoms with Gasteiger partial charge in [0.2, 0.25) is 17.2 Å². The molecule has 0 fully saturated rings. The van der Waals surface area contributed by atoms with E-state index in [4.69, 9.17) is 16.9 Å². The highest BCUT2D eigenvalue weighted by Gasteiger charge is 2.08. The molecule has 1 heterocycles. The Morgan fingerprint density at radius 3 is 2.65 bits per heavy atom. The van der Waals surface area contributed by atoms with Gasteiger partial charge >= 0.3 is 0 Å². The van der Waals surface area contributed by atoms with E-state index in [0.717, 1.165) is 11.3 Å². The number of benzene rings is 1. The van der Waals surface area contributed by atoms with E-state index in [1.54, 1.807) is 17.0 Å². The first-order chi connectivity index (χ1) is 9.49. The topological polar surface area (TPSA) is 77.7 Å². The van der Waals surface area contributed by atoms with Crippen molar-refractivity contribution in [1.29, 1.82) is 5.26 Å². The highest BCUT2D eigenvalue weighted by Crippen LogP contribution is 2.21. The minimum Gasteiger partial charge on any atom is -0.347 e. The molecule has 102 valence electrons. The van der Waals surface area contributed by atoms with Crippen molar-refractivity contribution < 1.29 is 0 Å². The van der Waals surface area contributed by atoms with Crippen molar-refractivity contribution in [2.45, 2.75) is 6.92 Å². The van der Waals surface area contributed by atoms with E-state index >= 15 is 0 Å². The van der Waals surface area contributed by atoms with Crippen molar-refractivity contribution in [3.8, 4) is 6.07 Å². The van der Waals surface area contributed by atoms with Crippen molar-refractivity contribution in [2.75, 3.05) is 24.3 Å². The maximum atomic E-state index is 8.93. The molecule has 0 saturated carbocycles. The third-order valence-corrected chi connectivity index (χ3v) is 2.78. The van der Waals surface area contributed by atoms with Crippen LogP contribution < -0.4 is 10.2 Å². The largest absolute Gasteiger partial charge is 0.347 e. The molecule has 6 nitrogen and oxygen atoms in total. The molecule has 7 heteroatoms. The van der Waals surface area contributed by atoms with Crippen molar-refractivity contribution in [3.63, 3.8) is 0 Å². The molecule has 1 aromatic carbocycles. The molecule has 1 aromatic heterocycles. The number of rotatable bonds is 3. The van der Waals surface area contributed by atoms with Gasteiger partial charge in [-0.15, -0.1) is 0 Å². The van der Waals surface area contributed by atoms with E-state index in [1.807, 2.05) is 27.1 Å². The van der Waals surface area contributed by atoms with Gasteiger partial charge in [-0.25, -0.2) is 0 Å². The van der Waals surface area contributed by atoms with Crippen LogP contribution in [0, 0.1) is 18.3 Å². The Bertz CT molecular complexity index is 677. The molecule has 1 N–H and O–H groups in total. The summed E-state index contributed by atoms with van der Waals surface area (Å²) in [4.78, 5) is 14.0. The van der Waals surface area contributed by atoms with Crippen LogP contribution in [0.25, 0.3) is 0 Å². The van der Waals surface area contributed by atoms with Gasteiger partial charge in [-0.3, -0.25) is 0 Å². The van der Waals surface area contributed by atoms with Crippen LogP contribution in [-0.2, 0) is 0 Å². The molecule has 0 radical (unpaired) electrons. The molecule has 2 aromatic rings. The lowest BCUT2D eigenvalue weighted by molar-refractivity contribution is 0.961. The zero-order chi connectivity index (χ0) is 14.7. The normalized spacial score (nSPS) is 9.95. The van der Waals surface area contributed by atoms with E-state index in [1.165, 1.54) is 0 Å². The molecule has 0 amide bonds. The summed E-state index contributed by atoms with van der Waals surface area (Å²) in [6, 6.07) is 7.45. The fourth-order valence-corrected chi connectivity index (χ4v) is 1.70. The average Bonchev–Trinajstić information content (AvgIpc) is 2.40. The monoisotopic (exact) mass is 288 g/mol. The van der Waals surface area contributed by atoms with E-state index in [-0.39, 0.29) is 5.28 Å². The van der Waals surface area contributed by atoms with Crippen LogP contribution >= 0.6 is 11.6 Å². The van der Waals surface area contributed by atoms with Crippen molar-refractivity contribution in [1.82, 2.24) is 15.0 Å². The molecule has 0 unspecified atom stereocenters. The van der Waals surface area contributed by atoms with E-state index in [0.29, 0.717) is 17.5 Å². The first-order valence-electron chi connectivity index (χ1n) is 5.86.